The molecule has 0 bridgehead atoms. The van der Waals surface area contributed by atoms with Crippen LogP contribution in [0.2, 0.25) is 5.54 Å². The highest BCUT2D eigenvalue weighted by Crippen LogP contribution is 2.48. The molecule has 1 fully saturated rings. The van der Waals surface area contributed by atoms with Crippen molar-refractivity contribution in [3.8, 4) is 0 Å². The molecule has 0 spiro atoms. The third-order valence-corrected chi connectivity index (χ3v) is 5.36. The predicted molar refractivity (Wildman–Crippen MR) is 64.6 cm³/mol. The van der Waals surface area contributed by atoms with Crippen LogP contribution in [0, 0.1) is 23.7 Å². The Bertz CT molecular complexity index is 149. The fourth-order valence-corrected chi connectivity index (χ4v) is 3.93. The van der Waals surface area contributed by atoms with Crippen molar-refractivity contribution in [1.29, 1.82) is 0 Å². The first-order valence-electron chi connectivity index (χ1n) is 6.32. The molecule has 1 saturated carbocycles. The van der Waals surface area contributed by atoms with Crippen LogP contribution in [0.1, 0.15) is 53.4 Å². The quantitative estimate of drug-likeness (QED) is 0.613. The minimum atomic E-state index is 0.778. The molecule has 1 heteroatoms. The molecule has 81 valence electrons. The van der Waals surface area contributed by atoms with Crippen LogP contribution in [0.5, 0.6) is 0 Å². The van der Waals surface area contributed by atoms with Gasteiger partial charge in [0.05, 0.1) is 0 Å². The summed E-state index contributed by atoms with van der Waals surface area (Å²) in [6, 6.07) is 0. The van der Waals surface area contributed by atoms with Crippen molar-refractivity contribution in [3.05, 3.63) is 0 Å². The number of hydrogen-bond donors (Lipinski definition) is 0. The zero-order valence-corrected chi connectivity index (χ0v) is 11.2. The predicted octanol–water partition coefficient (Wildman–Crippen LogP) is 4.06. The molecule has 1 rings (SSSR count). The summed E-state index contributed by atoms with van der Waals surface area (Å²) >= 11 is 0. The fraction of sp³-hybridized carbons (Fsp3) is 1.00. The lowest BCUT2D eigenvalue weighted by molar-refractivity contribution is 0.306. The summed E-state index contributed by atoms with van der Waals surface area (Å²) in [5.41, 5.74) is 0.778. The van der Waals surface area contributed by atoms with Gasteiger partial charge in [-0.05, 0) is 42.1 Å². The van der Waals surface area contributed by atoms with Gasteiger partial charge in [-0.1, -0.05) is 40.5 Å². The average Bonchev–Trinajstić information content (AvgIpc) is 2.58. The average molecular weight is 209 g/mol. The van der Waals surface area contributed by atoms with Gasteiger partial charge in [-0.25, -0.2) is 0 Å². The third-order valence-electron chi connectivity index (χ3n) is 4.51. The van der Waals surface area contributed by atoms with Gasteiger partial charge in [-0.3, -0.25) is 0 Å². The second kappa shape index (κ2) is 5.34. The lowest BCUT2D eigenvalue weighted by Crippen LogP contribution is -2.19. The highest BCUT2D eigenvalue weighted by molar-refractivity contribution is 6.12. The van der Waals surface area contributed by atoms with E-state index in [1.165, 1.54) is 25.7 Å². The van der Waals surface area contributed by atoms with Gasteiger partial charge in [-0.15, -0.1) is 0 Å². The van der Waals surface area contributed by atoms with Crippen molar-refractivity contribution in [1.82, 2.24) is 0 Å². The summed E-state index contributed by atoms with van der Waals surface area (Å²) in [6.45, 7) is 9.47. The Morgan fingerprint density at radius 3 is 1.64 bits per heavy atom. The topological polar surface area (TPSA) is 0 Å². The van der Waals surface area contributed by atoms with E-state index in [1.807, 2.05) is 0 Å². The van der Waals surface area contributed by atoms with Crippen molar-refractivity contribution >= 4 is 10.2 Å². The number of hydrogen-bond acceptors (Lipinski definition) is 0. The van der Waals surface area contributed by atoms with Crippen molar-refractivity contribution in [2.24, 2.45) is 23.7 Å². The van der Waals surface area contributed by atoms with Crippen molar-refractivity contribution in [2.75, 3.05) is 0 Å². The maximum Gasteiger partial charge on any atom is 0.0274 e. The van der Waals surface area contributed by atoms with Gasteiger partial charge in [0, 0.05) is 10.2 Å². The molecule has 0 heterocycles. The normalized spacial score (nSPS) is 37.1. The Hall–Kier alpha value is 0.217. The second-order valence-corrected chi connectivity index (χ2v) is 5.87. The summed E-state index contributed by atoms with van der Waals surface area (Å²) in [4.78, 5) is 0. The molecule has 0 saturated heterocycles. The summed E-state index contributed by atoms with van der Waals surface area (Å²) in [6.07, 6.45) is 5.55. The van der Waals surface area contributed by atoms with Crippen LogP contribution >= 0.6 is 0 Å². The fourth-order valence-electron chi connectivity index (χ4n) is 2.94. The van der Waals surface area contributed by atoms with Gasteiger partial charge in [0.1, 0.15) is 0 Å². The zero-order chi connectivity index (χ0) is 10.7. The van der Waals surface area contributed by atoms with Gasteiger partial charge < -0.3 is 0 Å². The van der Waals surface area contributed by atoms with Crippen molar-refractivity contribution < 1.29 is 0 Å². The van der Waals surface area contributed by atoms with Gasteiger partial charge in [0.2, 0.25) is 0 Å². The number of rotatable bonds is 4. The molecule has 3 radical (unpaired) electrons. The molecule has 14 heavy (non-hydrogen) atoms. The molecule has 1 aliphatic rings. The van der Waals surface area contributed by atoms with Crippen LogP contribution in [-0.2, 0) is 0 Å². The van der Waals surface area contributed by atoms with E-state index in [9.17, 15) is 0 Å². The highest BCUT2D eigenvalue weighted by Gasteiger charge is 2.36. The molecular formula is C13H25Si. The van der Waals surface area contributed by atoms with E-state index in [-0.39, 0.29) is 0 Å². The first-order chi connectivity index (χ1) is 6.61. The van der Waals surface area contributed by atoms with Gasteiger partial charge >= 0.3 is 0 Å². The molecule has 4 unspecified atom stereocenters. The Morgan fingerprint density at radius 1 is 1.00 bits per heavy atom. The molecule has 0 amide bonds. The third kappa shape index (κ3) is 2.42. The Labute approximate surface area is 93.3 Å². The molecule has 0 aliphatic heterocycles. The van der Waals surface area contributed by atoms with Crippen LogP contribution in [0.4, 0.5) is 0 Å². The van der Waals surface area contributed by atoms with Gasteiger partial charge in [-0.2, -0.15) is 0 Å². The monoisotopic (exact) mass is 209 g/mol. The van der Waals surface area contributed by atoms with Crippen LogP contribution in [-0.4, -0.2) is 10.2 Å². The lowest BCUT2D eigenvalue weighted by atomic mass is 9.85. The van der Waals surface area contributed by atoms with Gasteiger partial charge in [0.15, 0.2) is 0 Å². The molecule has 0 N–H and O–H groups in total. The van der Waals surface area contributed by atoms with Crippen LogP contribution in [0.3, 0.4) is 0 Å². The minimum absolute atomic E-state index is 0.778. The van der Waals surface area contributed by atoms with Crippen molar-refractivity contribution in [3.63, 3.8) is 0 Å². The molecule has 0 aromatic heterocycles. The lowest BCUT2D eigenvalue weighted by Gasteiger charge is -2.28. The van der Waals surface area contributed by atoms with Crippen molar-refractivity contribution in [2.45, 2.75) is 58.9 Å². The SMILES string of the molecule is CCC(C)C1CCC(C(C)CC)C1[Si]. The summed E-state index contributed by atoms with van der Waals surface area (Å²) in [5.74, 6) is 3.64. The van der Waals surface area contributed by atoms with Crippen LogP contribution < -0.4 is 0 Å². The highest BCUT2D eigenvalue weighted by atomic mass is 28.1. The van der Waals surface area contributed by atoms with E-state index in [0.717, 1.165) is 29.2 Å². The standard InChI is InChI=1S/C13H25Si/c1-5-9(3)11-7-8-12(13(11)14)10(4)6-2/h9-13H,5-8H2,1-4H3. The smallest absolute Gasteiger partial charge is 0.0274 e. The Morgan fingerprint density at radius 2 is 1.36 bits per heavy atom. The molecule has 1 aliphatic carbocycles. The van der Waals surface area contributed by atoms with Crippen LogP contribution in [0.25, 0.3) is 0 Å². The van der Waals surface area contributed by atoms with E-state index in [1.54, 1.807) is 0 Å². The first kappa shape index (κ1) is 12.3. The largest absolute Gasteiger partial charge is 0.0651 e. The summed E-state index contributed by atoms with van der Waals surface area (Å²) in [7, 11) is 4.01. The van der Waals surface area contributed by atoms with E-state index in [4.69, 9.17) is 0 Å². The molecule has 0 nitrogen and oxygen atoms in total. The molecule has 4 atom stereocenters. The van der Waals surface area contributed by atoms with E-state index in [0.29, 0.717) is 0 Å². The first-order valence-corrected chi connectivity index (χ1v) is 6.90. The maximum atomic E-state index is 4.01. The minimum Gasteiger partial charge on any atom is -0.0651 e. The van der Waals surface area contributed by atoms with E-state index < -0.39 is 0 Å². The summed E-state index contributed by atoms with van der Waals surface area (Å²) in [5, 5.41) is 0. The van der Waals surface area contributed by atoms with Crippen LogP contribution in [0.15, 0.2) is 0 Å². The Kier molecular flexibility index (Phi) is 4.69. The maximum absolute atomic E-state index is 4.01. The van der Waals surface area contributed by atoms with E-state index >= 15 is 0 Å². The molecular weight excluding hydrogens is 184 g/mol. The van der Waals surface area contributed by atoms with Gasteiger partial charge in [0.25, 0.3) is 0 Å². The summed E-state index contributed by atoms with van der Waals surface area (Å²) < 4.78 is 0. The Balaban J connectivity index is 2.54. The second-order valence-electron chi connectivity index (χ2n) is 5.20. The zero-order valence-electron chi connectivity index (χ0n) is 10.2. The molecule has 0 aromatic carbocycles. The van der Waals surface area contributed by atoms with E-state index in [2.05, 4.69) is 37.9 Å². The molecule has 0 aromatic rings.